The zero-order valence-electron chi connectivity index (χ0n) is 7.83. The Morgan fingerprint density at radius 1 is 1.23 bits per heavy atom. The Morgan fingerprint density at radius 3 is 2.54 bits per heavy atom. The third kappa shape index (κ3) is 3.57. The van der Waals surface area contributed by atoms with E-state index >= 15 is 0 Å². The summed E-state index contributed by atoms with van der Waals surface area (Å²) in [5.74, 6) is 0. The number of nitrogens with zero attached hydrogens (tertiary/aromatic N) is 1. The van der Waals surface area contributed by atoms with Crippen LogP contribution in [0.25, 0.3) is 0 Å². The summed E-state index contributed by atoms with van der Waals surface area (Å²) in [6, 6.07) is 10.5. The molecule has 1 aromatic carbocycles. The van der Waals surface area contributed by atoms with Crippen LogP contribution in [0, 0.1) is 18.3 Å². The van der Waals surface area contributed by atoms with Crippen molar-refractivity contribution in [3.8, 4) is 6.07 Å². The quantitative estimate of drug-likeness (QED) is 0.641. The molecule has 0 amide bonds. The molecule has 0 saturated heterocycles. The lowest BCUT2D eigenvalue weighted by Crippen LogP contribution is -1.80. The largest absolute Gasteiger partial charge is 0.198 e. The fraction of sp³-hybridized carbons (Fsp3) is 0.250. The average Bonchev–Trinajstić information content (AvgIpc) is 2.15. The minimum Gasteiger partial charge on any atom is -0.198 e. The van der Waals surface area contributed by atoms with Gasteiger partial charge in [0.15, 0.2) is 0 Å². The number of rotatable bonds is 3. The van der Waals surface area contributed by atoms with Crippen molar-refractivity contribution in [3.05, 3.63) is 47.5 Å². The van der Waals surface area contributed by atoms with Gasteiger partial charge in [-0.15, -0.1) is 0 Å². The van der Waals surface area contributed by atoms with Gasteiger partial charge in [0.25, 0.3) is 0 Å². The molecule has 0 spiro atoms. The van der Waals surface area contributed by atoms with Crippen molar-refractivity contribution < 1.29 is 0 Å². The molecule has 0 heterocycles. The normalized spacial score (nSPS) is 10.2. The summed E-state index contributed by atoms with van der Waals surface area (Å²) in [5.41, 5.74) is 2.57. The van der Waals surface area contributed by atoms with Gasteiger partial charge in [0.05, 0.1) is 12.5 Å². The van der Waals surface area contributed by atoms with Crippen molar-refractivity contribution >= 4 is 0 Å². The monoisotopic (exact) mass is 171 g/mol. The van der Waals surface area contributed by atoms with E-state index in [1.807, 2.05) is 12.2 Å². The Labute approximate surface area is 79.3 Å². The first-order valence-electron chi connectivity index (χ1n) is 4.40. The highest BCUT2D eigenvalue weighted by Gasteiger charge is 1.87. The molecule has 0 aromatic heterocycles. The average molecular weight is 171 g/mol. The maximum atomic E-state index is 8.30. The Morgan fingerprint density at radius 2 is 1.92 bits per heavy atom. The predicted octanol–water partition coefficient (Wildman–Crippen LogP) is 3.01. The lowest BCUT2D eigenvalue weighted by molar-refractivity contribution is 1.23. The lowest BCUT2D eigenvalue weighted by Gasteiger charge is -1.96. The molecule has 13 heavy (non-hydrogen) atoms. The van der Waals surface area contributed by atoms with Gasteiger partial charge in [-0.2, -0.15) is 5.26 Å². The van der Waals surface area contributed by atoms with Gasteiger partial charge >= 0.3 is 0 Å². The molecule has 0 N–H and O–H groups in total. The van der Waals surface area contributed by atoms with Crippen LogP contribution in [0.5, 0.6) is 0 Å². The third-order valence-electron chi connectivity index (χ3n) is 1.85. The first-order chi connectivity index (χ1) is 6.33. The second kappa shape index (κ2) is 5.16. The van der Waals surface area contributed by atoms with Gasteiger partial charge in [-0.05, 0) is 18.9 Å². The fourth-order valence-electron chi connectivity index (χ4n) is 1.08. The van der Waals surface area contributed by atoms with E-state index in [9.17, 15) is 0 Å². The van der Waals surface area contributed by atoms with Crippen LogP contribution in [0.2, 0.25) is 0 Å². The van der Waals surface area contributed by atoms with Crippen LogP contribution in [0.4, 0.5) is 0 Å². The van der Waals surface area contributed by atoms with E-state index in [-0.39, 0.29) is 0 Å². The molecular weight excluding hydrogens is 158 g/mol. The second-order valence-electron chi connectivity index (χ2n) is 3.02. The van der Waals surface area contributed by atoms with Gasteiger partial charge < -0.3 is 0 Å². The van der Waals surface area contributed by atoms with Crippen LogP contribution in [0.3, 0.4) is 0 Å². The van der Waals surface area contributed by atoms with Gasteiger partial charge in [0, 0.05) is 0 Å². The minimum absolute atomic E-state index is 0.506. The highest BCUT2D eigenvalue weighted by atomic mass is 14.2. The molecule has 0 aliphatic heterocycles. The summed E-state index contributed by atoms with van der Waals surface area (Å²) >= 11 is 0. The van der Waals surface area contributed by atoms with E-state index in [4.69, 9.17) is 5.26 Å². The molecular formula is C12H13N. The Kier molecular flexibility index (Phi) is 3.78. The zero-order chi connectivity index (χ0) is 9.52. The number of allylic oxidation sites excluding steroid dienone is 2. The fourth-order valence-corrected chi connectivity index (χ4v) is 1.08. The first kappa shape index (κ1) is 9.54. The lowest BCUT2D eigenvalue weighted by atomic mass is 10.1. The molecule has 0 atom stereocenters. The summed E-state index contributed by atoms with van der Waals surface area (Å²) in [4.78, 5) is 0. The summed E-state index contributed by atoms with van der Waals surface area (Å²) < 4.78 is 0. The molecule has 0 aliphatic rings. The van der Waals surface area contributed by atoms with E-state index in [0.29, 0.717) is 6.42 Å². The van der Waals surface area contributed by atoms with Crippen LogP contribution >= 0.6 is 0 Å². The van der Waals surface area contributed by atoms with Crippen molar-refractivity contribution in [1.29, 1.82) is 5.26 Å². The molecule has 1 aromatic rings. The molecule has 1 nitrogen and oxygen atoms in total. The van der Waals surface area contributed by atoms with Crippen LogP contribution in [0.1, 0.15) is 17.5 Å². The number of aryl methyl sites for hydroxylation is 1. The zero-order valence-corrected chi connectivity index (χ0v) is 7.83. The van der Waals surface area contributed by atoms with E-state index in [0.717, 1.165) is 6.42 Å². The summed E-state index contributed by atoms with van der Waals surface area (Å²) in [7, 11) is 0. The van der Waals surface area contributed by atoms with Gasteiger partial charge in [0.1, 0.15) is 0 Å². The molecule has 0 radical (unpaired) electrons. The SMILES string of the molecule is Cc1ccc(C/C=C/CC#N)cc1. The van der Waals surface area contributed by atoms with Crippen molar-refractivity contribution in [3.63, 3.8) is 0 Å². The Hall–Kier alpha value is -1.55. The molecule has 0 bridgehead atoms. The summed E-state index contributed by atoms with van der Waals surface area (Å²) in [5, 5.41) is 8.30. The topological polar surface area (TPSA) is 23.8 Å². The number of hydrogen-bond acceptors (Lipinski definition) is 1. The van der Waals surface area contributed by atoms with Gasteiger partial charge in [0.2, 0.25) is 0 Å². The Balaban J connectivity index is 2.47. The van der Waals surface area contributed by atoms with Crippen LogP contribution in [-0.2, 0) is 6.42 Å². The first-order valence-corrected chi connectivity index (χ1v) is 4.40. The molecule has 1 rings (SSSR count). The van der Waals surface area contributed by atoms with Crippen LogP contribution in [-0.4, -0.2) is 0 Å². The van der Waals surface area contributed by atoms with Crippen LogP contribution in [0.15, 0.2) is 36.4 Å². The number of benzene rings is 1. The molecule has 0 fully saturated rings. The summed E-state index contributed by atoms with van der Waals surface area (Å²) in [6.07, 6.45) is 5.36. The highest BCUT2D eigenvalue weighted by Crippen LogP contribution is 2.04. The maximum absolute atomic E-state index is 8.30. The van der Waals surface area contributed by atoms with Crippen molar-refractivity contribution in [2.24, 2.45) is 0 Å². The summed E-state index contributed by atoms with van der Waals surface area (Å²) in [6.45, 7) is 2.08. The van der Waals surface area contributed by atoms with Crippen molar-refractivity contribution in [1.82, 2.24) is 0 Å². The standard InChI is InChI=1S/C12H13N/c1-11-6-8-12(9-7-11)5-3-2-4-10-13/h2-3,6-9H,4-5H2,1H3/b3-2+. The third-order valence-corrected chi connectivity index (χ3v) is 1.85. The molecule has 66 valence electrons. The van der Waals surface area contributed by atoms with Gasteiger partial charge in [-0.25, -0.2) is 0 Å². The Bertz CT molecular complexity index is 314. The van der Waals surface area contributed by atoms with E-state index in [2.05, 4.69) is 37.3 Å². The highest BCUT2D eigenvalue weighted by molar-refractivity contribution is 5.23. The number of hydrogen-bond donors (Lipinski definition) is 0. The van der Waals surface area contributed by atoms with E-state index < -0.39 is 0 Å². The van der Waals surface area contributed by atoms with Gasteiger partial charge in [-0.1, -0.05) is 42.0 Å². The molecule has 0 aliphatic carbocycles. The molecule has 0 unspecified atom stereocenters. The minimum atomic E-state index is 0.506. The second-order valence-corrected chi connectivity index (χ2v) is 3.02. The predicted molar refractivity (Wildman–Crippen MR) is 54.3 cm³/mol. The smallest absolute Gasteiger partial charge is 0.0663 e. The van der Waals surface area contributed by atoms with Crippen molar-refractivity contribution in [2.45, 2.75) is 19.8 Å². The van der Waals surface area contributed by atoms with Crippen molar-refractivity contribution in [2.75, 3.05) is 0 Å². The van der Waals surface area contributed by atoms with Crippen LogP contribution < -0.4 is 0 Å². The number of nitriles is 1. The molecule has 1 heteroatoms. The molecule has 0 saturated carbocycles. The van der Waals surface area contributed by atoms with Gasteiger partial charge in [-0.3, -0.25) is 0 Å². The van der Waals surface area contributed by atoms with E-state index in [1.54, 1.807) is 0 Å². The van der Waals surface area contributed by atoms with E-state index in [1.165, 1.54) is 11.1 Å². The maximum Gasteiger partial charge on any atom is 0.0663 e.